The molecule has 0 bridgehead atoms. The maximum atomic E-state index is 4.48. The normalized spacial score (nSPS) is 14.5. The third kappa shape index (κ3) is 4.08. The fourth-order valence-electron chi connectivity index (χ4n) is 3.75. The van der Waals surface area contributed by atoms with E-state index in [1.54, 1.807) is 0 Å². The van der Waals surface area contributed by atoms with Gasteiger partial charge in [0.1, 0.15) is 5.69 Å². The Morgan fingerprint density at radius 3 is 2.26 bits per heavy atom. The Morgan fingerprint density at radius 1 is 1.00 bits per heavy atom. The molecule has 1 atom stereocenters. The van der Waals surface area contributed by atoms with Crippen LogP contribution in [0.3, 0.4) is 0 Å². The van der Waals surface area contributed by atoms with Gasteiger partial charge in [-0.1, -0.05) is 87.9 Å². The highest BCUT2D eigenvalue weighted by Crippen LogP contribution is 2.42. The molecule has 144 valence electrons. The van der Waals surface area contributed by atoms with Gasteiger partial charge in [0.25, 0.3) is 0 Å². The molecule has 0 radical (unpaired) electrons. The largest absolute Gasteiger partial charge is 0.247 e. The summed E-state index contributed by atoms with van der Waals surface area (Å²) in [6.45, 7) is 8.88. The summed E-state index contributed by atoms with van der Waals surface area (Å²) in [5.74, 6) is 1.07. The molecule has 1 aliphatic carbocycles. The molecule has 1 unspecified atom stereocenters. The number of fused-ring (bicyclic) bond motifs is 5. The van der Waals surface area contributed by atoms with Crippen molar-refractivity contribution in [1.82, 2.24) is 15.0 Å². The van der Waals surface area contributed by atoms with Gasteiger partial charge < -0.3 is 0 Å². The minimum absolute atomic E-state index is 0. The Balaban J connectivity index is 0.000000614. The molecule has 2 aromatic carbocycles. The number of hydrogen-bond donors (Lipinski definition) is 0. The van der Waals surface area contributed by atoms with Gasteiger partial charge in [-0.25, -0.2) is 4.68 Å². The molecule has 4 heteroatoms. The van der Waals surface area contributed by atoms with E-state index in [-0.39, 0.29) is 12.4 Å². The van der Waals surface area contributed by atoms with E-state index in [0.717, 1.165) is 17.8 Å². The van der Waals surface area contributed by atoms with Crippen molar-refractivity contribution >= 4 is 12.4 Å². The lowest BCUT2D eigenvalue weighted by Crippen LogP contribution is -2.14. The molecule has 3 nitrogen and oxygen atoms in total. The quantitative estimate of drug-likeness (QED) is 0.494. The van der Waals surface area contributed by atoms with Crippen LogP contribution in [-0.2, 0) is 13.5 Å². The summed E-state index contributed by atoms with van der Waals surface area (Å²) in [5, 5.41) is 8.80. The van der Waals surface area contributed by atoms with Crippen LogP contribution in [0.5, 0.6) is 0 Å². The highest BCUT2D eigenvalue weighted by atomic mass is 35.5. The van der Waals surface area contributed by atoms with Crippen LogP contribution in [-0.4, -0.2) is 15.0 Å². The van der Waals surface area contributed by atoms with E-state index in [1.807, 2.05) is 11.7 Å². The zero-order valence-corrected chi connectivity index (χ0v) is 17.8. The highest BCUT2D eigenvalue weighted by molar-refractivity contribution is 5.85. The molecule has 0 saturated heterocycles. The molecule has 0 amide bonds. The molecular weight excluding hydrogens is 354 g/mol. The monoisotopic (exact) mass is 383 g/mol. The van der Waals surface area contributed by atoms with Crippen molar-refractivity contribution < 1.29 is 0 Å². The van der Waals surface area contributed by atoms with Crippen LogP contribution in [0.15, 0.2) is 48.5 Å². The summed E-state index contributed by atoms with van der Waals surface area (Å²) in [4.78, 5) is 0. The summed E-state index contributed by atoms with van der Waals surface area (Å²) in [6, 6.07) is 17.4. The first-order valence-corrected chi connectivity index (χ1v) is 9.65. The van der Waals surface area contributed by atoms with Crippen molar-refractivity contribution in [2.75, 3.05) is 0 Å². The lowest BCUT2D eigenvalue weighted by Gasteiger charge is -2.27. The van der Waals surface area contributed by atoms with E-state index in [4.69, 9.17) is 0 Å². The van der Waals surface area contributed by atoms with Crippen molar-refractivity contribution in [2.24, 2.45) is 13.0 Å². The fraction of sp³-hybridized carbons (Fsp3) is 0.391. The van der Waals surface area contributed by atoms with Gasteiger partial charge in [0.05, 0.1) is 5.69 Å². The van der Waals surface area contributed by atoms with Gasteiger partial charge in [-0.2, -0.15) is 0 Å². The van der Waals surface area contributed by atoms with Crippen LogP contribution in [0.2, 0.25) is 0 Å². The van der Waals surface area contributed by atoms with Gasteiger partial charge in [-0.15, -0.1) is 17.5 Å². The average molecular weight is 384 g/mol. The van der Waals surface area contributed by atoms with Crippen molar-refractivity contribution in [1.29, 1.82) is 0 Å². The third-order valence-corrected chi connectivity index (χ3v) is 4.96. The molecule has 0 N–H and O–H groups in total. The second kappa shape index (κ2) is 9.18. The standard InChI is InChI=1S/C20H21N3.C3H8.ClH/c1-13(2)18-12-14-8-4-5-9-15(14)19-20(23(3)22-21-19)17-11-7-6-10-16(17)18;1-3-2;/h4-11,13,18H,12H2,1-3H3;3H2,1-2H3;1H. The second-order valence-electron chi connectivity index (χ2n) is 7.42. The van der Waals surface area contributed by atoms with Gasteiger partial charge in [0.2, 0.25) is 0 Å². The van der Waals surface area contributed by atoms with E-state index in [1.165, 1.54) is 28.7 Å². The first-order valence-electron chi connectivity index (χ1n) is 9.65. The average Bonchev–Trinajstić information content (AvgIpc) is 3.00. The Kier molecular flexibility index (Phi) is 7.20. The van der Waals surface area contributed by atoms with E-state index >= 15 is 0 Å². The predicted molar refractivity (Wildman–Crippen MR) is 116 cm³/mol. The minimum atomic E-state index is 0. The Bertz CT molecular complexity index is 883. The molecule has 1 aliphatic rings. The molecular formula is C23H30ClN3. The van der Waals surface area contributed by atoms with Crippen molar-refractivity contribution in [3.63, 3.8) is 0 Å². The van der Waals surface area contributed by atoms with Crippen molar-refractivity contribution in [2.45, 2.75) is 46.5 Å². The van der Waals surface area contributed by atoms with Gasteiger partial charge >= 0.3 is 0 Å². The van der Waals surface area contributed by atoms with Crippen LogP contribution >= 0.6 is 12.4 Å². The Labute approximate surface area is 169 Å². The van der Waals surface area contributed by atoms with Gasteiger partial charge in [0.15, 0.2) is 0 Å². The third-order valence-electron chi connectivity index (χ3n) is 4.96. The number of halogens is 1. The van der Waals surface area contributed by atoms with Crippen LogP contribution in [0, 0.1) is 5.92 Å². The van der Waals surface area contributed by atoms with E-state index < -0.39 is 0 Å². The first-order chi connectivity index (χ1) is 12.6. The number of nitrogens with zero attached hydrogens (tertiary/aromatic N) is 3. The SMILES string of the molecule is CC(C)C1Cc2ccccc2-c2nnn(C)c2-c2ccccc21.CCC.Cl. The molecule has 0 aliphatic heterocycles. The predicted octanol–water partition coefficient (Wildman–Crippen LogP) is 6.28. The molecule has 3 aromatic rings. The maximum Gasteiger partial charge on any atom is 0.121 e. The molecule has 4 rings (SSSR count). The zero-order chi connectivity index (χ0) is 18.7. The number of hydrogen-bond acceptors (Lipinski definition) is 2. The number of rotatable bonds is 1. The van der Waals surface area contributed by atoms with Crippen molar-refractivity contribution in [3.8, 4) is 22.5 Å². The molecule has 0 saturated carbocycles. The first kappa shape index (κ1) is 21.2. The lowest BCUT2D eigenvalue weighted by molar-refractivity contribution is 0.496. The van der Waals surface area contributed by atoms with Crippen LogP contribution in [0.4, 0.5) is 0 Å². The smallest absolute Gasteiger partial charge is 0.121 e. The molecule has 27 heavy (non-hydrogen) atoms. The zero-order valence-electron chi connectivity index (χ0n) is 16.9. The van der Waals surface area contributed by atoms with Crippen LogP contribution < -0.4 is 0 Å². The van der Waals surface area contributed by atoms with E-state index in [9.17, 15) is 0 Å². The minimum Gasteiger partial charge on any atom is -0.247 e. The highest BCUT2D eigenvalue weighted by Gasteiger charge is 2.28. The summed E-state index contributed by atoms with van der Waals surface area (Å²) in [6.07, 6.45) is 2.29. The number of benzene rings is 2. The van der Waals surface area contributed by atoms with Crippen LogP contribution in [0.1, 0.15) is 51.2 Å². The molecule has 1 heterocycles. The lowest BCUT2D eigenvalue weighted by atomic mass is 9.77. The van der Waals surface area contributed by atoms with Gasteiger partial charge in [0, 0.05) is 18.2 Å². The molecule has 0 spiro atoms. The second-order valence-corrected chi connectivity index (χ2v) is 7.42. The summed E-state index contributed by atoms with van der Waals surface area (Å²) in [7, 11) is 1.98. The van der Waals surface area contributed by atoms with Crippen molar-refractivity contribution in [3.05, 3.63) is 59.7 Å². The fourth-order valence-corrected chi connectivity index (χ4v) is 3.75. The molecule has 0 fully saturated rings. The van der Waals surface area contributed by atoms with E-state index in [0.29, 0.717) is 11.8 Å². The number of aromatic nitrogens is 3. The van der Waals surface area contributed by atoms with Gasteiger partial charge in [-0.05, 0) is 29.4 Å². The van der Waals surface area contributed by atoms with Crippen LogP contribution in [0.25, 0.3) is 22.5 Å². The Morgan fingerprint density at radius 2 is 1.59 bits per heavy atom. The summed E-state index contributed by atoms with van der Waals surface area (Å²) in [5.41, 5.74) is 7.38. The Hall–Kier alpha value is -2.13. The topological polar surface area (TPSA) is 30.7 Å². The summed E-state index contributed by atoms with van der Waals surface area (Å²) < 4.78 is 1.91. The summed E-state index contributed by atoms with van der Waals surface area (Å²) >= 11 is 0. The van der Waals surface area contributed by atoms with Gasteiger partial charge in [-0.3, -0.25) is 0 Å². The molecule has 1 aromatic heterocycles. The maximum absolute atomic E-state index is 4.48. The van der Waals surface area contributed by atoms with E-state index in [2.05, 4.69) is 86.5 Å². The number of aryl methyl sites for hydroxylation is 1.